The Bertz CT molecular complexity index is 2170. The smallest absolute Gasteiger partial charge is 0.349 e. The van der Waals surface area contributed by atoms with Crippen molar-refractivity contribution >= 4 is 25.1 Å². The van der Waals surface area contributed by atoms with Gasteiger partial charge in [0.05, 0.1) is 63.6 Å². The summed E-state index contributed by atoms with van der Waals surface area (Å²) >= 11 is 0. The number of fused-ring (bicyclic) bond motifs is 3. The molecule has 4 aromatic rings. The van der Waals surface area contributed by atoms with Crippen molar-refractivity contribution in [1.29, 1.82) is 0 Å². The fourth-order valence-corrected chi connectivity index (χ4v) is 15.5. The van der Waals surface area contributed by atoms with Crippen LogP contribution in [0.5, 0.6) is 0 Å². The summed E-state index contributed by atoms with van der Waals surface area (Å²) in [5.74, 6) is -0.00107. The van der Waals surface area contributed by atoms with Crippen LogP contribution in [0, 0.1) is 0 Å². The Kier molecular flexibility index (Phi) is 13.7. The highest BCUT2D eigenvalue weighted by Crippen LogP contribution is 2.57. The lowest BCUT2D eigenvalue weighted by Crippen LogP contribution is -2.73. The van der Waals surface area contributed by atoms with E-state index in [9.17, 15) is 4.79 Å². The summed E-state index contributed by atoms with van der Waals surface area (Å²) in [5.41, 5.74) is 1.71. The summed E-state index contributed by atoms with van der Waals surface area (Å²) in [6.45, 7) is 19.5. The summed E-state index contributed by atoms with van der Waals surface area (Å²) in [4.78, 5) is 14.3. The fourth-order valence-electron chi connectivity index (χ4n) is 10.4. The van der Waals surface area contributed by atoms with E-state index >= 15 is 0 Å². The fraction of sp³-hybridized carbons (Fsp3) is 0.528. The molecule has 4 aliphatic rings. The van der Waals surface area contributed by atoms with Gasteiger partial charge in [-0.2, -0.15) is 0 Å². The van der Waals surface area contributed by atoms with Crippen molar-refractivity contribution in [3.63, 3.8) is 0 Å². The average Bonchev–Trinajstić information content (AvgIpc) is 3.24. The van der Waals surface area contributed by atoms with Crippen molar-refractivity contribution in [2.75, 3.05) is 13.2 Å². The Hall–Kier alpha value is -3.55. The van der Waals surface area contributed by atoms with Crippen molar-refractivity contribution in [1.82, 2.24) is 0 Å². The molecule has 63 heavy (non-hydrogen) atoms. The number of carbonyl (C=O) groups is 1. The third-order valence-corrected chi connectivity index (χ3v) is 18.7. The number of ether oxygens (including phenoxy) is 6. The van der Waals surface area contributed by atoms with Crippen molar-refractivity contribution < 1.29 is 42.1 Å². The SMILES string of the molecule is CC(C)(C)[Si]1(C(C)(C)C)OC[C@@]2(C)O[C@@]3(C)/C=C\CC(=O)[C@H](C[C@H]4O[C@@H](COCc5ccccc5)[C@H](OCc5ccccc5)C[C@@H]4OCc4ccc5ccccc5c4)O[C@@H]3C[C@@H]2O1. The predicted molar refractivity (Wildman–Crippen MR) is 247 cm³/mol. The highest BCUT2D eigenvalue weighted by molar-refractivity contribution is 6.73. The number of Topliss-reactive ketones (excluding diaryl/α,β-unsaturated/α-hetero) is 1. The van der Waals surface area contributed by atoms with E-state index in [0.717, 1.165) is 22.1 Å². The molecular weight excluding hydrogens is 809 g/mol. The molecule has 0 bridgehead atoms. The van der Waals surface area contributed by atoms with Crippen LogP contribution in [0.1, 0.15) is 97.8 Å². The molecule has 0 aromatic heterocycles. The third kappa shape index (κ3) is 10.2. The summed E-state index contributed by atoms with van der Waals surface area (Å²) in [7, 11) is -2.83. The molecule has 0 amide bonds. The molecule has 3 saturated heterocycles. The molecule has 0 saturated carbocycles. The van der Waals surface area contributed by atoms with Gasteiger partial charge in [-0.1, -0.05) is 151 Å². The highest BCUT2D eigenvalue weighted by Gasteiger charge is 2.66. The molecule has 3 fully saturated rings. The Balaban J connectivity index is 1.06. The first kappa shape index (κ1) is 46.0. The molecule has 8 rings (SSSR count). The van der Waals surface area contributed by atoms with E-state index in [-0.39, 0.29) is 34.5 Å². The van der Waals surface area contributed by atoms with Crippen LogP contribution >= 0.6 is 0 Å². The van der Waals surface area contributed by atoms with E-state index in [4.69, 9.17) is 37.3 Å². The summed E-state index contributed by atoms with van der Waals surface area (Å²) in [6.07, 6.45) is 2.44. The van der Waals surface area contributed by atoms with E-state index in [2.05, 4.69) is 122 Å². The van der Waals surface area contributed by atoms with E-state index in [0.29, 0.717) is 52.3 Å². The van der Waals surface area contributed by atoms with Crippen LogP contribution in [0.2, 0.25) is 10.1 Å². The maximum atomic E-state index is 14.3. The van der Waals surface area contributed by atoms with Gasteiger partial charge in [0.2, 0.25) is 0 Å². The topological polar surface area (TPSA) is 90.9 Å². The van der Waals surface area contributed by atoms with Gasteiger partial charge in [-0.25, -0.2) is 0 Å². The third-order valence-electron chi connectivity index (χ3n) is 13.6. The molecule has 338 valence electrons. The van der Waals surface area contributed by atoms with E-state index in [1.807, 2.05) is 48.6 Å². The van der Waals surface area contributed by atoms with Gasteiger partial charge in [-0.05, 0) is 47.4 Å². The molecule has 10 heteroatoms. The maximum Gasteiger partial charge on any atom is 0.349 e. The minimum absolute atomic E-state index is 0.00107. The molecule has 4 aromatic carbocycles. The number of hydrogen-bond acceptors (Lipinski definition) is 9. The first-order valence-corrected chi connectivity index (χ1v) is 24.8. The molecule has 9 atom stereocenters. The predicted octanol–water partition coefficient (Wildman–Crippen LogP) is 10.8. The number of benzene rings is 4. The van der Waals surface area contributed by atoms with Crippen molar-refractivity contribution in [2.45, 2.75) is 165 Å². The van der Waals surface area contributed by atoms with Crippen LogP contribution < -0.4 is 0 Å². The van der Waals surface area contributed by atoms with Gasteiger partial charge < -0.3 is 37.3 Å². The Morgan fingerprint density at radius 3 is 1.98 bits per heavy atom. The van der Waals surface area contributed by atoms with E-state index in [1.165, 1.54) is 5.39 Å². The molecule has 0 unspecified atom stereocenters. The quantitative estimate of drug-likeness (QED) is 0.102. The molecular formula is C53H68O9Si. The second-order valence-electron chi connectivity index (χ2n) is 20.6. The normalized spacial score (nSPS) is 31.7. The summed E-state index contributed by atoms with van der Waals surface area (Å²) < 4.78 is 55.4. The Morgan fingerprint density at radius 2 is 1.30 bits per heavy atom. The first-order valence-electron chi connectivity index (χ1n) is 22.9. The number of allylic oxidation sites excluding steroid dienone is 1. The molecule has 0 N–H and O–H groups in total. The van der Waals surface area contributed by atoms with E-state index in [1.54, 1.807) is 0 Å². The lowest BCUT2D eigenvalue weighted by Gasteiger charge is -2.61. The zero-order valence-corrected chi connectivity index (χ0v) is 39.5. The van der Waals surface area contributed by atoms with Gasteiger partial charge in [0.1, 0.15) is 23.4 Å². The standard InChI is InChI=1S/C53H68O9Si/c1-50(2,3)63(51(4,5)6)58-36-53(8)49(61-63)31-48-52(7,62-53)27-17-24-42(54)43(60-48)29-46-44(57-34-39-25-26-40-22-15-16-23-41(40)28-39)30-45(56-33-38-20-13-10-14-21-38)47(59-46)35-55-32-37-18-11-9-12-19-37/h9-23,25-28,43-49H,24,29-36H2,1-8H3/b27-17-/t43-,44-,45+,46+,47-,48+,49-,52-,53+/m0/s1. The minimum atomic E-state index is -2.83. The van der Waals surface area contributed by atoms with Crippen molar-refractivity contribution in [3.05, 3.63) is 132 Å². The number of hydrogen-bond donors (Lipinski definition) is 0. The monoisotopic (exact) mass is 876 g/mol. The van der Waals surface area contributed by atoms with Crippen molar-refractivity contribution in [2.24, 2.45) is 0 Å². The molecule has 4 heterocycles. The molecule has 9 nitrogen and oxygen atoms in total. The molecule has 0 spiro atoms. The van der Waals surface area contributed by atoms with E-state index < -0.39 is 50.3 Å². The maximum absolute atomic E-state index is 14.3. The van der Waals surface area contributed by atoms with Crippen LogP contribution in [0.3, 0.4) is 0 Å². The first-order chi connectivity index (χ1) is 30.0. The van der Waals surface area contributed by atoms with Gasteiger partial charge in [-0.3, -0.25) is 4.79 Å². The zero-order chi connectivity index (χ0) is 44.5. The van der Waals surface area contributed by atoms with Gasteiger partial charge in [0, 0.05) is 35.8 Å². The minimum Gasteiger partial charge on any atom is -0.390 e. The molecule has 4 aliphatic heterocycles. The lowest BCUT2D eigenvalue weighted by atomic mass is 9.81. The lowest BCUT2D eigenvalue weighted by molar-refractivity contribution is -0.285. The summed E-state index contributed by atoms with van der Waals surface area (Å²) in [5, 5.41) is 1.94. The Labute approximate surface area is 376 Å². The number of ketones is 1. The molecule has 0 aliphatic carbocycles. The van der Waals surface area contributed by atoms with Crippen LogP contribution in [0.4, 0.5) is 0 Å². The van der Waals surface area contributed by atoms with Crippen LogP contribution in [0.15, 0.2) is 115 Å². The second kappa shape index (κ2) is 18.7. The highest BCUT2D eigenvalue weighted by atomic mass is 28.4. The second-order valence-corrected chi connectivity index (χ2v) is 25.3. The number of rotatable bonds is 12. The average molecular weight is 877 g/mol. The van der Waals surface area contributed by atoms with Crippen LogP contribution in [-0.2, 0) is 61.9 Å². The molecule has 0 radical (unpaired) electrons. The number of carbonyl (C=O) groups excluding carboxylic acids is 1. The Morgan fingerprint density at radius 1 is 0.683 bits per heavy atom. The van der Waals surface area contributed by atoms with Gasteiger partial charge in [0.25, 0.3) is 0 Å². The zero-order valence-electron chi connectivity index (χ0n) is 38.5. The van der Waals surface area contributed by atoms with Gasteiger partial charge in [0.15, 0.2) is 5.78 Å². The van der Waals surface area contributed by atoms with Crippen molar-refractivity contribution in [3.8, 4) is 0 Å². The van der Waals surface area contributed by atoms with Crippen LogP contribution in [0.25, 0.3) is 10.8 Å². The largest absolute Gasteiger partial charge is 0.390 e. The van der Waals surface area contributed by atoms with Gasteiger partial charge in [-0.15, -0.1) is 0 Å². The van der Waals surface area contributed by atoms with Gasteiger partial charge >= 0.3 is 8.56 Å². The van der Waals surface area contributed by atoms with Crippen LogP contribution in [-0.4, -0.2) is 81.5 Å². The summed E-state index contributed by atoms with van der Waals surface area (Å²) in [6, 6.07) is 35.1.